The molecule has 1 aliphatic rings. The van der Waals surface area contributed by atoms with Gasteiger partial charge in [-0.05, 0) is 101 Å². The van der Waals surface area contributed by atoms with Crippen LogP contribution in [0.4, 0.5) is 0 Å². The van der Waals surface area contributed by atoms with Gasteiger partial charge in [0.25, 0.3) is 0 Å². The summed E-state index contributed by atoms with van der Waals surface area (Å²) >= 11 is 0. The van der Waals surface area contributed by atoms with Crippen molar-refractivity contribution in [1.82, 2.24) is 0 Å². The van der Waals surface area contributed by atoms with Crippen molar-refractivity contribution >= 4 is 28.8 Å². The van der Waals surface area contributed by atoms with Gasteiger partial charge in [-0.2, -0.15) is 0 Å². The lowest BCUT2D eigenvalue weighted by atomic mass is 9.94. The lowest BCUT2D eigenvalue weighted by molar-refractivity contribution is 1.58. The van der Waals surface area contributed by atoms with Gasteiger partial charge in [-0.1, -0.05) is 182 Å². The second kappa shape index (κ2) is 12.2. The van der Waals surface area contributed by atoms with Crippen LogP contribution < -0.4 is 20.7 Å². The minimum atomic E-state index is -2.60. The Bertz CT molecular complexity index is 2240. The van der Waals surface area contributed by atoms with Crippen molar-refractivity contribution < 1.29 is 0 Å². The Kier molecular flexibility index (Phi) is 7.26. The molecule has 1 heterocycles. The second-order valence-corrected chi connectivity index (χ2v) is 16.6. The average molecular weight is 639 g/mol. The molecule has 0 radical (unpaired) electrons. The summed E-state index contributed by atoms with van der Waals surface area (Å²) < 4.78 is 0. The standard InChI is InChI=1S/C48H34Si/c1-5-15-35(16-6-1)37-19-13-21-39(31-37)41-27-29-47-45(33-41)46-34-42(40-22-14-20-38(32-40)36-17-7-2-8-18-36)28-30-48(46)49(47,43-23-9-3-10-24-43)44-25-11-4-12-26-44/h1-34H. The van der Waals surface area contributed by atoms with E-state index >= 15 is 0 Å². The van der Waals surface area contributed by atoms with Crippen molar-refractivity contribution in [2.24, 2.45) is 0 Å². The van der Waals surface area contributed by atoms with Crippen molar-refractivity contribution in [3.63, 3.8) is 0 Å². The summed E-state index contributed by atoms with van der Waals surface area (Å²) in [4.78, 5) is 0. The molecule has 9 rings (SSSR count). The lowest BCUT2D eigenvalue weighted by Gasteiger charge is -2.31. The molecule has 1 aliphatic heterocycles. The molecule has 0 amide bonds. The maximum atomic E-state index is 2.46. The minimum absolute atomic E-state index is 1.23. The highest BCUT2D eigenvalue weighted by atomic mass is 28.3. The van der Waals surface area contributed by atoms with Gasteiger partial charge in [-0.15, -0.1) is 0 Å². The van der Waals surface area contributed by atoms with Gasteiger partial charge in [0.15, 0.2) is 8.07 Å². The van der Waals surface area contributed by atoms with Crippen LogP contribution in [0, 0.1) is 0 Å². The molecular weight excluding hydrogens is 605 g/mol. The highest BCUT2D eigenvalue weighted by molar-refractivity contribution is 7.22. The average Bonchev–Trinajstić information content (AvgIpc) is 3.49. The van der Waals surface area contributed by atoms with Crippen molar-refractivity contribution in [3.8, 4) is 55.6 Å². The van der Waals surface area contributed by atoms with Gasteiger partial charge < -0.3 is 0 Å². The molecule has 8 aromatic rings. The predicted octanol–water partition coefficient (Wildman–Crippen LogP) is 9.71. The fraction of sp³-hybridized carbons (Fsp3) is 0. The summed E-state index contributed by atoms with van der Waals surface area (Å²) in [5, 5.41) is 5.74. The third-order valence-corrected chi connectivity index (χ3v) is 15.0. The summed E-state index contributed by atoms with van der Waals surface area (Å²) in [6.45, 7) is 0. The Hall–Kier alpha value is -6.02. The Morgan fingerprint density at radius 3 is 0.918 bits per heavy atom. The number of hydrogen-bond donors (Lipinski definition) is 0. The molecule has 0 aromatic heterocycles. The quantitative estimate of drug-likeness (QED) is 0.159. The maximum absolute atomic E-state index is 2.60. The second-order valence-electron chi connectivity index (χ2n) is 12.9. The Morgan fingerprint density at radius 1 is 0.224 bits per heavy atom. The van der Waals surface area contributed by atoms with E-state index in [1.54, 1.807) is 0 Å². The molecule has 8 aromatic carbocycles. The van der Waals surface area contributed by atoms with Crippen LogP contribution in [0.25, 0.3) is 55.6 Å². The number of rotatable bonds is 6. The topological polar surface area (TPSA) is 0 Å². The monoisotopic (exact) mass is 638 g/mol. The zero-order valence-electron chi connectivity index (χ0n) is 27.1. The van der Waals surface area contributed by atoms with Gasteiger partial charge in [0.2, 0.25) is 0 Å². The molecule has 0 nitrogen and oxygen atoms in total. The molecular formula is C48H34Si. The summed E-state index contributed by atoms with van der Waals surface area (Å²) in [5.74, 6) is 0. The fourth-order valence-corrected chi connectivity index (χ4v) is 13.0. The highest BCUT2D eigenvalue weighted by Gasteiger charge is 2.48. The molecule has 0 fully saturated rings. The van der Waals surface area contributed by atoms with Gasteiger partial charge in [0.05, 0.1) is 0 Å². The molecule has 0 saturated carbocycles. The molecule has 0 bridgehead atoms. The third kappa shape index (κ3) is 4.99. The zero-order valence-corrected chi connectivity index (χ0v) is 28.1. The number of hydrogen-bond acceptors (Lipinski definition) is 0. The van der Waals surface area contributed by atoms with E-state index in [0.29, 0.717) is 0 Å². The van der Waals surface area contributed by atoms with Gasteiger partial charge in [0, 0.05) is 0 Å². The first-order valence-corrected chi connectivity index (χ1v) is 19.0. The summed E-state index contributed by atoms with van der Waals surface area (Å²) in [5.41, 5.74) is 12.6. The van der Waals surface area contributed by atoms with Crippen LogP contribution in [-0.4, -0.2) is 8.07 Å². The molecule has 1 heteroatoms. The first-order valence-electron chi connectivity index (χ1n) is 17.0. The molecule has 0 atom stereocenters. The van der Waals surface area contributed by atoms with Crippen LogP contribution in [0.5, 0.6) is 0 Å². The van der Waals surface area contributed by atoms with E-state index in [1.165, 1.54) is 76.4 Å². The predicted molar refractivity (Wildman–Crippen MR) is 211 cm³/mol. The van der Waals surface area contributed by atoms with Crippen LogP contribution in [0.3, 0.4) is 0 Å². The first-order chi connectivity index (χ1) is 24.3. The smallest absolute Gasteiger partial charge is 0.0623 e. The van der Waals surface area contributed by atoms with Gasteiger partial charge in [-0.3, -0.25) is 0 Å². The van der Waals surface area contributed by atoms with E-state index in [4.69, 9.17) is 0 Å². The first kappa shape index (κ1) is 29.1. The van der Waals surface area contributed by atoms with Crippen LogP contribution in [0.1, 0.15) is 0 Å². The maximum Gasteiger partial charge on any atom is 0.180 e. The van der Waals surface area contributed by atoms with Crippen LogP contribution in [0.15, 0.2) is 206 Å². The van der Waals surface area contributed by atoms with E-state index < -0.39 is 8.07 Å². The van der Waals surface area contributed by atoms with Gasteiger partial charge >= 0.3 is 0 Å². The molecule has 0 spiro atoms. The number of fused-ring (bicyclic) bond motifs is 3. The molecule has 0 N–H and O–H groups in total. The van der Waals surface area contributed by atoms with E-state index in [1.807, 2.05) is 0 Å². The van der Waals surface area contributed by atoms with E-state index in [-0.39, 0.29) is 0 Å². The largest absolute Gasteiger partial charge is 0.180 e. The Morgan fingerprint density at radius 2 is 0.531 bits per heavy atom. The summed E-state index contributed by atoms with van der Waals surface area (Å²) in [6, 6.07) is 76.3. The molecule has 0 unspecified atom stereocenters. The summed E-state index contributed by atoms with van der Waals surface area (Å²) in [6.07, 6.45) is 0. The minimum Gasteiger partial charge on any atom is -0.0623 e. The molecule has 0 aliphatic carbocycles. The highest BCUT2D eigenvalue weighted by Crippen LogP contribution is 2.36. The SMILES string of the molecule is c1ccc(-c2cccc(-c3ccc4c(c3)-c3cc(-c5cccc(-c6ccccc6)c5)ccc3[Si]4(c3ccccc3)c3ccccc3)c2)cc1. The lowest BCUT2D eigenvalue weighted by Crippen LogP contribution is -2.72. The Balaban J connectivity index is 1.27. The molecule has 49 heavy (non-hydrogen) atoms. The Labute approximate surface area is 289 Å². The van der Waals surface area contributed by atoms with Crippen molar-refractivity contribution in [2.45, 2.75) is 0 Å². The van der Waals surface area contributed by atoms with Crippen LogP contribution in [0.2, 0.25) is 0 Å². The molecule has 0 saturated heterocycles. The van der Waals surface area contributed by atoms with E-state index in [9.17, 15) is 0 Å². The number of benzene rings is 8. The normalized spacial score (nSPS) is 12.7. The van der Waals surface area contributed by atoms with Crippen molar-refractivity contribution in [3.05, 3.63) is 206 Å². The fourth-order valence-electron chi connectivity index (χ4n) is 7.88. The van der Waals surface area contributed by atoms with E-state index in [0.717, 1.165) is 0 Å². The third-order valence-electron chi connectivity index (χ3n) is 10.2. The van der Waals surface area contributed by atoms with Crippen LogP contribution >= 0.6 is 0 Å². The summed E-state index contributed by atoms with van der Waals surface area (Å²) in [7, 11) is -2.60. The van der Waals surface area contributed by atoms with Crippen molar-refractivity contribution in [1.29, 1.82) is 0 Å². The molecule has 230 valence electrons. The van der Waals surface area contributed by atoms with Crippen molar-refractivity contribution in [2.75, 3.05) is 0 Å². The van der Waals surface area contributed by atoms with Crippen LogP contribution in [-0.2, 0) is 0 Å². The van der Waals surface area contributed by atoms with Gasteiger partial charge in [-0.25, -0.2) is 0 Å². The van der Waals surface area contributed by atoms with Gasteiger partial charge in [0.1, 0.15) is 0 Å². The van der Waals surface area contributed by atoms with E-state index in [2.05, 4.69) is 206 Å². The zero-order chi connectivity index (χ0) is 32.6.